The van der Waals surface area contributed by atoms with Crippen LogP contribution in [0.2, 0.25) is 0 Å². The highest BCUT2D eigenvalue weighted by Gasteiger charge is 2.13. The van der Waals surface area contributed by atoms with Crippen LogP contribution in [0.25, 0.3) is 0 Å². The van der Waals surface area contributed by atoms with Gasteiger partial charge in [0.1, 0.15) is 6.61 Å². The molecule has 13 nitrogen and oxygen atoms in total. The molecule has 0 aliphatic carbocycles. The van der Waals surface area contributed by atoms with E-state index in [2.05, 4.69) is 6.92 Å². The molecule has 1 fully saturated rings. The average Bonchev–Trinajstić information content (AvgIpc) is 3.21. The van der Waals surface area contributed by atoms with E-state index in [1.54, 1.807) is 0 Å². The first-order chi connectivity index (χ1) is 27.8. The van der Waals surface area contributed by atoms with Crippen LogP contribution < -0.4 is 0 Å². The van der Waals surface area contributed by atoms with Crippen molar-refractivity contribution >= 4 is 5.97 Å². The van der Waals surface area contributed by atoms with E-state index in [0.29, 0.717) is 139 Å². The Balaban J connectivity index is 1.62. The van der Waals surface area contributed by atoms with Crippen LogP contribution in [0, 0.1) is 0 Å². The smallest absolute Gasteiger partial charge is 0.305 e. The van der Waals surface area contributed by atoms with Gasteiger partial charge in [-0.3, -0.25) is 4.79 Å². The van der Waals surface area contributed by atoms with E-state index in [-0.39, 0.29) is 12.3 Å². The fraction of sp³-hybridized carbons (Fsp3) is 0.977. The Morgan fingerprint density at radius 2 is 0.732 bits per heavy atom. The number of hydrogen-bond acceptors (Lipinski definition) is 13. The summed E-state index contributed by atoms with van der Waals surface area (Å²) in [4.78, 5) is 11.9. The molecule has 1 aliphatic rings. The van der Waals surface area contributed by atoms with Gasteiger partial charge < -0.3 is 56.8 Å². The van der Waals surface area contributed by atoms with Crippen molar-refractivity contribution in [3.05, 3.63) is 0 Å². The van der Waals surface area contributed by atoms with E-state index in [0.717, 1.165) is 38.7 Å². The fourth-order valence-electron chi connectivity index (χ4n) is 5.87. The van der Waals surface area contributed by atoms with Crippen molar-refractivity contribution in [2.45, 2.75) is 135 Å². The van der Waals surface area contributed by atoms with Crippen LogP contribution in [0.4, 0.5) is 0 Å². The molecule has 0 aromatic carbocycles. The molecule has 1 heterocycles. The van der Waals surface area contributed by atoms with Gasteiger partial charge >= 0.3 is 5.97 Å². The second kappa shape index (κ2) is 46.7. The molecule has 13 heteroatoms. The van der Waals surface area contributed by atoms with Gasteiger partial charge in [0.15, 0.2) is 6.29 Å². The molecule has 0 radical (unpaired) electrons. The highest BCUT2D eigenvalue weighted by atomic mass is 16.7. The van der Waals surface area contributed by atoms with Gasteiger partial charge in [-0.25, -0.2) is 0 Å². The summed E-state index contributed by atoms with van der Waals surface area (Å²) in [5, 5.41) is 0. The Morgan fingerprint density at radius 1 is 0.411 bits per heavy atom. The monoisotopic (exact) mass is 809 g/mol. The summed E-state index contributed by atoms with van der Waals surface area (Å²) in [7, 11) is 0. The van der Waals surface area contributed by atoms with Gasteiger partial charge in [0, 0.05) is 13.0 Å². The number of carbonyl (C=O) groups excluding carboxylic acids is 1. The molecule has 56 heavy (non-hydrogen) atoms. The van der Waals surface area contributed by atoms with Crippen molar-refractivity contribution in [1.82, 2.24) is 0 Å². The quantitative estimate of drug-likeness (QED) is 0.0446. The van der Waals surface area contributed by atoms with E-state index >= 15 is 0 Å². The average molecular weight is 809 g/mol. The first-order valence-corrected chi connectivity index (χ1v) is 22.4. The first kappa shape index (κ1) is 53.0. The minimum atomic E-state index is -0.129. The normalized spacial score (nSPS) is 14.5. The summed E-state index contributed by atoms with van der Waals surface area (Å²) in [6, 6.07) is 0. The summed E-state index contributed by atoms with van der Waals surface area (Å²) in [5.74, 6) is -0.129. The molecule has 1 saturated heterocycles. The Hall–Kier alpha value is -0.970. The maximum atomic E-state index is 11.9. The molecule has 0 aromatic heterocycles. The van der Waals surface area contributed by atoms with E-state index in [1.807, 2.05) is 0 Å². The lowest BCUT2D eigenvalue weighted by atomic mass is 10.0. The molecule has 1 aliphatic heterocycles. The molecular formula is C43H84O13. The van der Waals surface area contributed by atoms with E-state index in [9.17, 15) is 4.79 Å². The van der Waals surface area contributed by atoms with Crippen molar-refractivity contribution in [2.75, 3.05) is 139 Å². The van der Waals surface area contributed by atoms with Crippen LogP contribution in [-0.2, 0) is 61.6 Å². The second-order valence-corrected chi connectivity index (χ2v) is 14.1. The van der Waals surface area contributed by atoms with Gasteiger partial charge in [-0.1, -0.05) is 96.8 Å². The molecule has 0 N–H and O–H groups in total. The lowest BCUT2D eigenvalue weighted by Gasteiger charge is -2.22. The molecule has 0 amide bonds. The van der Waals surface area contributed by atoms with Crippen LogP contribution in [0.3, 0.4) is 0 Å². The minimum absolute atomic E-state index is 0.0679. The summed E-state index contributed by atoms with van der Waals surface area (Å²) >= 11 is 0. The van der Waals surface area contributed by atoms with Crippen LogP contribution in [0.1, 0.15) is 129 Å². The molecule has 1 rings (SSSR count). The Labute approximate surface area is 341 Å². The van der Waals surface area contributed by atoms with Crippen molar-refractivity contribution in [3.63, 3.8) is 0 Å². The lowest BCUT2D eigenvalue weighted by molar-refractivity contribution is -0.169. The third-order valence-electron chi connectivity index (χ3n) is 9.12. The lowest BCUT2D eigenvalue weighted by Crippen LogP contribution is -2.24. The summed E-state index contributed by atoms with van der Waals surface area (Å²) < 4.78 is 65.9. The summed E-state index contributed by atoms with van der Waals surface area (Å²) in [6.07, 6.45) is 23.4. The topological polar surface area (TPSA) is 128 Å². The molecule has 0 spiro atoms. The second-order valence-electron chi connectivity index (χ2n) is 14.1. The van der Waals surface area contributed by atoms with Gasteiger partial charge in [0.05, 0.1) is 126 Å². The van der Waals surface area contributed by atoms with Gasteiger partial charge in [0.25, 0.3) is 0 Å². The van der Waals surface area contributed by atoms with Gasteiger partial charge in [0.2, 0.25) is 0 Å². The number of ether oxygens (including phenoxy) is 12. The molecule has 1 unspecified atom stereocenters. The number of carbonyl (C=O) groups is 1. The Bertz CT molecular complexity index is 757. The molecule has 1 atom stereocenters. The molecule has 0 saturated carbocycles. The SMILES string of the molecule is CCCCCCCCCCCCCCCCCC(=O)OCCOCCOCCOCCOCCOCCOCCOCCOCCOCCOC1CCCCO1. The fourth-order valence-corrected chi connectivity index (χ4v) is 5.87. The van der Waals surface area contributed by atoms with Crippen LogP contribution in [0.5, 0.6) is 0 Å². The number of unbranched alkanes of at least 4 members (excludes halogenated alkanes) is 14. The van der Waals surface area contributed by atoms with Crippen molar-refractivity contribution in [2.24, 2.45) is 0 Å². The largest absolute Gasteiger partial charge is 0.463 e. The zero-order valence-corrected chi connectivity index (χ0v) is 35.7. The Kier molecular flexibility index (Phi) is 44.3. The van der Waals surface area contributed by atoms with Crippen molar-refractivity contribution in [1.29, 1.82) is 0 Å². The minimum Gasteiger partial charge on any atom is -0.463 e. The zero-order chi connectivity index (χ0) is 39.9. The third kappa shape index (κ3) is 42.6. The third-order valence-corrected chi connectivity index (χ3v) is 9.12. The van der Waals surface area contributed by atoms with Crippen molar-refractivity contribution < 1.29 is 61.6 Å². The van der Waals surface area contributed by atoms with Crippen LogP contribution in [0.15, 0.2) is 0 Å². The van der Waals surface area contributed by atoms with Crippen molar-refractivity contribution in [3.8, 4) is 0 Å². The van der Waals surface area contributed by atoms with E-state index in [1.165, 1.54) is 83.5 Å². The maximum Gasteiger partial charge on any atom is 0.305 e. The van der Waals surface area contributed by atoms with Gasteiger partial charge in [-0.15, -0.1) is 0 Å². The highest BCUT2D eigenvalue weighted by Crippen LogP contribution is 2.14. The number of hydrogen-bond donors (Lipinski definition) is 0. The van der Waals surface area contributed by atoms with Gasteiger partial charge in [-0.05, 0) is 25.7 Å². The number of esters is 1. The predicted octanol–water partition coefficient (Wildman–Crippen LogP) is 7.48. The maximum absolute atomic E-state index is 11.9. The highest BCUT2D eigenvalue weighted by molar-refractivity contribution is 5.69. The molecule has 334 valence electrons. The van der Waals surface area contributed by atoms with Gasteiger partial charge in [-0.2, -0.15) is 0 Å². The Morgan fingerprint density at radius 3 is 1.07 bits per heavy atom. The van der Waals surface area contributed by atoms with Crippen LogP contribution >= 0.6 is 0 Å². The van der Waals surface area contributed by atoms with Crippen LogP contribution in [-0.4, -0.2) is 151 Å². The van der Waals surface area contributed by atoms with E-state index in [4.69, 9.17) is 56.8 Å². The van der Waals surface area contributed by atoms with E-state index < -0.39 is 0 Å². The molecule has 0 bridgehead atoms. The zero-order valence-electron chi connectivity index (χ0n) is 35.7. The molecule has 0 aromatic rings. The summed E-state index contributed by atoms with van der Waals surface area (Å²) in [6.45, 7) is 12.9. The first-order valence-electron chi connectivity index (χ1n) is 22.4. The number of rotatable bonds is 47. The standard InChI is InChI=1S/C43H84O13/c1-2-3-4-5-6-7-8-9-10-11-12-13-14-15-16-19-42(44)54-40-38-52-36-34-50-32-30-48-28-26-46-24-22-45-23-25-47-27-29-49-31-33-51-35-37-53-39-41-56-43-20-17-18-21-55-43/h43H,2-41H2,1H3. The predicted molar refractivity (Wildman–Crippen MR) is 217 cm³/mol. The summed E-state index contributed by atoms with van der Waals surface area (Å²) in [5.41, 5.74) is 0. The molecular weight excluding hydrogens is 724 g/mol.